The molecule has 0 fully saturated rings. The van der Waals surface area contributed by atoms with Crippen molar-refractivity contribution < 1.29 is 4.74 Å². The van der Waals surface area contributed by atoms with Crippen molar-refractivity contribution in [2.45, 2.75) is 6.92 Å². The van der Waals surface area contributed by atoms with Crippen molar-refractivity contribution in [3.63, 3.8) is 0 Å². The van der Waals surface area contributed by atoms with Gasteiger partial charge in [-0.3, -0.25) is 0 Å². The first-order chi connectivity index (χ1) is 7.00. The highest BCUT2D eigenvalue weighted by Crippen LogP contribution is 2.27. The molecule has 5 heteroatoms. The van der Waals surface area contributed by atoms with Gasteiger partial charge in [-0.15, -0.1) is 0 Å². The minimum absolute atomic E-state index is 0.0201. The van der Waals surface area contributed by atoms with Gasteiger partial charge in [0.25, 0.3) is 0 Å². The fourth-order valence-electron chi connectivity index (χ4n) is 0.889. The quantitative estimate of drug-likeness (QED) is 0.847. The molecule has 0 aliphatic heterocycles. The molecule has 0 saturated carbocycles. The molecule has 2 nitrogen and oxygen atoms in total. The van der Waals surface area contributed by atoms with E-state index in [0.717, 1.165) is 0 Å². The molecule has 0 aromatic heterocycles. The number of nitrogens with two attached hydrogens (primary N) is 1. The van der Waals surface area contributed by atoms with Crippen molar-refractivity contribution in [2.24, 2.45) is 11.7 Å². The van der Waals surface area contributed by atoms with Crippen molar-refractivity contribution in [1.29, 1.82) is 0 Å². The Bertz CT molecular complexity index is 370. The summed E-state index contributed by atoms with van der Waals surface area (Å²) in [5.74, 6) is 0.607. The van der Waals surface area contributed by atoms with Crippen molar-refractivity contribution in [1.82, 2.24) is 0 Å². The Balaban J connectivity index is 2.62. The van der Waals surface area contributed by atoms with Gasteiger partial charge in [-0.05, 0) is 18.2 Å². The molecule has 0 aliphatic carbocycles. The Labute approximate surface area is 104 Å². The number of halogens is 2. The molecule has 0 spiro atoms. The fraction of sp³-hybridized carbons (Fsp3) is 0.300. The van der Waals surface area contributed by atoms with Gasteiger partial charge in [0.05, 0.1) is 16.6 Å². The highest BCUT2D eigenvalue weighted by atomic mass is 35.5. The average molecular weight is 264 g/mol. The second kappa shape index (κ2) is 5.54. The molecule has 0 bridgehead atoms. The van der Waals surface area contributed by atoms with Crippen molar-refractivity contribution in [2.75, 3.05) is 6.61 Å². The summed E-state index contributed by atoms with van der Waals surface area (Å²) in [5.41, 5.74) is 5.46. The lowest BCUT2D eigenvalue weighted by atomic mass is 10.2. The summed E-state index contributed by atoms with van der Waals surface area (Å²) in [6.45, 7) is 2.31. The molecule has 1 unspecified atom stereocenters. The molecule has 0 amide bonds. The summed E-state index contributed by atoms with van der Waals surface area (Å²) in [6.07, 6.45) is 0. The molecule has 0 saturated heterocycles. The predicted octanol–water partition coefficient (Wildman–Crippen LogP) is 3.29. The maximum Gasteiger partial charge on any atom is 0.138 e. The minimum atomic E-state index is 0.0201. The van der Waals surface area contributed by atoms with E-state index < -0.39 is 0 Å². The van der Waals surface area contributed by atoms with Crippen LogP contribution < -0.4 is 10.5 Å². The van der Waals surface area contributed by atoms with E-state index in [1.807, 2.05) is 6.92 Å². The van der Waals surface area contributed by atoms with Gasteiger partial charge in [-0.25, -0.2) is 0 Å². The van der Waals surface area contributed by atoms with Crippen LogP contribution in [0.25, 0.3) is 0 Å². The standard InChI is InChI=1S/C10H11Cl2NOS/c1-6(10(13)15)5-14-9-3-2-7(11)4-8(9)12/h2-4,6H,5H2,1H3,(H2,13,15). The first-order valence-corrected chi connectivity index (χ1v) is 5.54. The smallest absolute Gasteiger partial charge is 0.138 e. The summed E-state index contributed by atoms with van der Waals surface area (Å²) < 4.78 is 5.46. The van der Waals surface area contributed by atoms with Crippen molar-refractivity contribution in [3.8, 4) is 5.75 Å². The van der Waals surface area contributed by atoms with Gasteiger partial charge >= 0.3 is 0 Å². The summed E-state index contributed by atoms with van der Waals surface area (Å²) in [7, 11) is 0. The SMILES string of the molecule is CC(COc1ccc(Cl)cc1Cl)C(N)=S. The van der Waals surface area contributed by atoms with Gasteiger partial charge in [0, 0.05) is 10.9 Å². The lowest BCUT2D eigenvalue weighted by molar-refractivity contribution is 0.293. The molecule has 1 aromatic rings. The Kier molecular flexibility index (Phi) is 4.64. The first kappa shape index (κ1) is 12.6. The van der Waals surface area contributed by atoms with Gasteiger partial charge in [-0.2, -0.15) is 0 Å². The van der Waals surface area contributed by atoms with Crippen LogP contribution in [0, 0.1) is 5.92 Å². The molecule has 82 valence electrons. The lowest BCUT2D eigenvalue weighted by Gasteiger charge is -2.12. The second-order valence-electron chi connectivity index (χ2n) is 3.19. The molecule has 15 heavy (non-hydrogen) atoms. The zero-order chi connectivity index (χ0) is 11.4. The van der Waals surface area contributed by atoms with Gasteiger partial charge in [-0.1, -0.05) is 42.3 Å². The zero-order valence-corrected chi connectivity index (χ0v) is 10.5. The Morgan fingerprint density at radius 3 is 2.73 bits per heavy atom. The van der Waals surface area contributed by atoms with E-state index in [1.165, 1.54) is 0 Å². The molecule has 1 atom stereocenters. The predicted molar refractivity (Wildman–Crippen MR) is 67.9 cm³/mol. The number of hydrogen-bond donors (Lipinski definition) is 1. The van der Waals surface area contributed by atoms with Crippen LogP contribution in [0.15, 0.2) is 18.2 Å². The molecule has 2 N–H and O–H groups in total. The first-order valence-electron chi connectivity index (χ1n) is 4.38. The average Bonchev–Trinajstić information content (AvgIpc) is 2.15. The van der Waals surface area contributed by atoms with E-state index in [0.29, 0.717) is 27.4 Å². The lowest BCUT2D eigenvalue weighted by Crippen LogP contribution is -2.24. The number of ether oxygens (including phenoxy) is 1. The third kappa shape index (κ3) is 3.86. The Morgan fingerprint density at radius 1 is 1.53 bits per heavy atom. The largest absolute Gasteiger partial charge is 0.491 e. The van der Waals surface area contributed by atoms with E-state index in [4.69, 9.17) is 45.9 Å². The van der Waals surface area contributed by atoms with E-state index in [9.17, 15) is 0 Å². The van der Waals surface area contributed by atoms with E-state index in [2.05, 4.69) is 0 Å². The Morgan fingerprint density at radius 2 is 2.20 bits per heavy atom. The van der Waals surface area contributed by atoms with Crippen LogP contribution in [-0.4, -0.2) is 11.6 Å². The monoisotopic (exact) mass is 263 g/mol. The zero-order valence-electron chi connectivity index (χ0n) is 8.17. The third-order valence-electron chi connectivity index (χ3n) is 1.87. The topological polar surface area (TPSA) is 35.2 Å². The molecule has 0 radical (unpaired) electrons. The van der Waals surface area contributed by atoms with Crippen LogP contribution >= 0.6 is 35.4 Å². The number of thiocarbonyl (C=S) groups is 1. The molecule has 0 aliphatic rings. The minimum Gasteiger partial charge on any atom is -0.491 e. The van der Waals surface area contributed by atoms with Crippen LogP contribution in [-0.2, 0) is 0 Å². The highest BCUT2D eigenvalue weighted by molar-refractivity contribution is 7.80. The fourth-order valence-corrected chi connectivity index (χ4v) is 1.42. The summed E-state index contributed by atoms with van der Waals surface area (Å²) >= 11 is 16.5. The Hall–Kier alpha value is -0.510. The maximum absolute atomic E-state index is 5.92. The summed E-state index contributed by atoms with van der Waals surface area (Å²) in [5, 5.41) is 1.06. The molecule has 1 aromatic carbocycles. The van der Waals surface area contributed by atoms with E-state index >= 15 is 0 Å². The van der Waals surface area contributed by atoms with Gasteiger partial charge in [0.1, 0.15) is 5.75 Å². The van der Waals surface area contributed by atoms with E-state index in [-0.39, 0.29) is 5.92 Å². The van der Waals surface area contributed by atoms with Crippen molar-refractivity contribution in [3.05, 3.63) is 28.2 Å². The number of hydrogen-bond acceptors (Lipinski definition) is 2. The van der Waals surface area contributed by atoms with Crippen LogP contribution in [0.1, 0.15) is 6.92 Å². The highest BCUT2D eigenvalue weighted by Gasteiger charge is 2.08. The molecular formula is C10H11Cl2NOS. The number of benzene rings is 1. The summed E-state index contributed by atoms with van der Waals surface area (Å²) in [6, 6.07) is 5.06. The van der Waals surface area contributed by atoms with Crippen molar-refractivity contribution >= 4 is 40.4 Å². The second-order valence-corrected chi connectivity index (χ2v) is 4.50. The molecular weight excluding hydrogens is 253 g/mol. The third-order valence-corrected chi connectivity index (χ3v) is 2.80. The molecule has 1 rings (SSSR count). The number of rotatable bonds is 4. The van der Waals surface area contributed by atoms with Crippen LogP contribution in [0.2, 0.25) is 10.0 Å². The molecule has 0 heterocycles. The maximum atomic E-state index is 5.92. The van der Waals surface area contributed by atoms with Crippen LogP contribution in [0.5, 0.6) is 5.75 Å². The van der Waals surface area contributed by atoms with Crippen LogP contribution in [0.4, 0.5) is 0 Å². The van der Waals surface area contributed by atoms with Gasteiger partial charge in [0.2, 0.25) is 0 Å². The summed E-state index contributed by atoms with van der Waals surface area (Å²) in [4.78, 5) is 0.431. The normalized spacial score (nSPS) is 12.2. The van der Waals surface area contributed by atoms with Gasteiger partial charge < -0.3 is 10.5 Å². The van der Waals surface area contributed by atoms with Crippen LogP contribution in [0.3, 0.4) is 0 Å². The van der Waals surface area contributed by atoms with Gasteiger partial charge in [0.15, 0.2) is 0 Å². The van der Waals surface area contributed by atoms with E-state index in [1.54, 1.807) is 18.2 Å².